The fourth-order valence-electron chi connectivity index (χ4n) is 1.90. The molecule has 0 fully saturated rings. The van der Waals surface area contributed by atoms with Crippen LogP contribution >= 0.6 is 11.8 Å². The van der Waals surface area contributed by atoms with Crippen molar-refractivity contribution in [3.63, 3.8) is 0 Å². The number of nitrogens with zero attached hydrogens (tertiary/aromatic N) is 2. The molecule has 0 aliphatic heterocycles. The van der Waals surface area contributed by atoms with Gasteiger partial charge in [-0.25, -0.2) is 19.2 Å². The fourth-order valence-corrected chi connectivity index (χ4v) is 2.82. The first kappa shape index (κ1) is 13.5. The van der Waals surface area contributed by atoms with E-state index in [2.05, 4.69) is 9.97 Å². The highest BCUT2D eigenvalue weighted by Crippen LogP contribution is 2.31. The van der Waals surface area contributed by atoms with Gasteiger partial charge < -0.3 is 5.11 Å². The molecule has 0 spiro atoms. The molecule has 0 saturated heterocycles. The lowest BCUT2D eigenvalue weighted by molar-refractivity contribution is 0.0691. The number of hydrogen-bond donors (Lipinski definition) is 1. The molecule has 0 aliphatic rings. The Morgan fingerprint density at radius 2 is 1.95 bits per heavy atom. The van der Waals surface area contributed by atoms with Crippen molar-refractivity contribution in [3.8, 4) is 0 Å². The first-order valence-corrected chi connectivity index (χ1v) is 6.87. The lowest BCUT2D eigenvalue weighted by Gasteiger charge is -2.05. The number of aromatic carboxylic acids is 1. The van der Waals surface area contributed by atoms with Crippen molar-refractivity contribution < 1.29 is 14.3 Å². The Hall–Kier alpha value is -2.47. The normalized spacial score (nSPS) is 10.7. The van der Waals surface area contributed by atoms with Crippen LogP contribution in [0.1, 0.15) is 10.4 Å². The summed E-state index contributed by atoms with van der Waals surface area (Å²) >= 11 is 1.28. The van der Waals surface area contributed by atoms with Crippen molar-refractivity contribution in [1.82, 2.24) is 9.97 Å². The molecule has 1 aromatic heterocycles. The second kappa shape index (κ2) is 5.49. The Labute approximate surface area is 123 Å². The van der Waals surface area contributed by atoms with Crippen LogP contribution in [0.15, 0.2) is 58.7 Å². The van der Waals surface area contributed by atoms with Gasteiger partial charge in [0.2, 0.25) is 0 Å². The fraction of sp³-hybridized carbons (Fsp3) is 0. The van der Waals surface area contributed by atoms with Crippen LogP contribution in [-0.2, 0) is 0 Å². The van der Waals surface area contributed by atoms with Crippen molar-refractivity contribution in [2.24, 2.45) is 0 Å². The third-order valence-electron chi connectivity index (χ3n) is 2.89. The molecule has 0 atom stereocenters. The topological polar surface area (TPSA) is 63.1 Å². The molecule has 0 aliphatic carbocycles. The van der Waals surface area contributed by atoms with Gasteiger partial charge in [0.1, 0.15) is 17.2 Å². The summed E-state index contributed by atoms with van der Waals surface area (Å²) in [6.45, 7) is 0. The monoisotopic (exact) mass is 300 g/mol. The molecule has 4 nitrogen and oxygen atoms in total. The van der Waals surface area contributed by atoms with Crippen LogP contribution in [-0.4, -0.2) is 21.0 Å². The summed E-state index contributed by atoms with van der Waals surface area (Å²) in [5.41, 5.74) is 0.453. The number of rotatable bonds is 3. The number of carboxylic acids is 1. The van der Waals surface area contributed by atoms with E-state index >= 15 is 0 Å². The van der Waals surface area contributed by atoms with E-state index in [1.54, 1.807) is 0 Å². The predicted octanol–water partition coefficient (Wildman–Crippen LogP) is 3.62. The molecule has 21 heavy (non-hydrogen) atoms. The second-order valence-corrected chi connectivity index (χ2v) is 5.31. The minimum atomic E-state index is -1.29. The van der Waals surface area contributed by atoms with Gasteiger partial charge in [-0.05, 0) is 24.3 Å². The van der Waals surface area contributed by atoms with Crippen LogP contribution in [0.5, 0.6) is 0 Å². The smallest absolute Gasteiger partial charge is 0.338 e. The summed E-state index contributed by atoms with van der Waals surface area (Å²) in [5.74, 6) is -2.04. The maximum Gasteiger partial charge on any atom is 0.338 e. The van der Waals surface area contributed by atoms with Crippen molar-refractivity contribution in [2.45, 2.75) is 9.92 Å². The molecule has 0 bridgehead atoms. The van der Waals surface area contributed by atoms with E-state index in [-0.39, 0.29) is 5.56 Å². The third kappa shape index (κ3) is 2.71. The van der Waals surface area contributed by atoms with Gasteiger partial charge in [-0.2, -0.15) is 0 Å². The zero-order chi connectivity index (χ0) is 14.8. The van der Waals surface area contributed by atoms with Gasteiger partial charge in [0.05, 0.1) is 11.1 Å². The molecule has 3 rings (SSSR count). The number of aromatic nitrogens is 2. The van der Waals surface area contributed by atoms with Gasteiger partial charge in [-0.15, -0.1) is 0 Å². The molecule has 0 radical (unpaired) electrons. The van der Waals surface area contributed by atoms with Gasteiger partial charge in [-0.1, -0.05) is 30.0 Å². The number of halogens is 1. The highest BCUT2D eigenvalue weighted by molar-refractivity contribution is 7.99. The van der Waals surface area contributed by atoms with E-state index < -0.39 is 11.8 Å². The van der Waals surface area contributed by atoms with Crippen molar-refractivity contribution >= 4 is 28.6 Å². The quantitative estimate of drug-likeness (QED) is 0.748. The van der Waals surface area contributed by atoms with E-state index in [0.717, 1.165) is 17.0 Å². The molecule has 3 aromatic rings. The number of fused-ring (bicyclic) bond motifs is 1. The lowest BCUT2D eigenvalue weighted by atomic mass is 10.2. The van der Waals surface area contributed by atoms with Crippen LogP contribution in [0, 0.1) is 5.82 Å². The number of para-hydroxylation sites is 1. The lowest BCUT2D eigenvalue weighted by Crippen LogP contribution is -2.00. The number of hydrogen-bond acceptors (Lipinski definition) is 4. The zero-order valence-corrected chi connectivity index (χ0v) is 11.5. The highest BCUT2D eigenvalue weighted by atomic mass is 32.2. The van der Waals surface area contributed by atoms with E-state index in [9.17, 15) is 9.18 Å². The summed E-state index contributed by atoms with van der Waals surface area (Å²) in [7, 11) is 0. The Balaban J connectivity index is 2.03. The maximum atomic E-state index is 13.4. The van der Waals surface area contributed by atoms with Crippen LogP contribution in [0.2, 0.25) is 0 Å². The first-order valence-electron chi connectivity index (χ1n) is 6.05. The maximum absolute atomic E-state index is 13.4. The number of benzene rings is 2. The minimum Gasteiger partial charge on any atom is -0.478 e. The molecule has 6 heteroatoms. The highest BCUT2D eigenvalue weighted by Gasteiger charge is 2.12. The van der Waals surface area contributed by atoms with Crippen LogP contribution < -0.4 is 0 Å². The summed E-state index contributed by atoms with van der Waals surface area (Å²) in [5, 5.41) is 10.5. The zero-order valence-electron chi connectivity index (χ0n) is 10.7. The second-order valence-electron chi connectivity index (χ2n) is 4.24. The molecule has 0 unspecified atom stereocenters. The number of carbonyl (C=O) groups is 1. The van der Waals surface area contributed by atoms with Gasteiger partial charge in [-0.3, -0.25) is 0 Å². The van der Waals surface area contributed by atoms with Gasteiger partial charge in [0.15, 0.2) is 0 Å². The average molecular weight is 300 g/mol. The van der Waals surface area contributed by atoms with Gasteiger partial charge in [0.25, 0.3) is 0 Å². The molecule has 2 aromatic carbocycles. The van der Waals surface area contributed by atoms with Crippen LogP contribution in [0.4, 0.5) is 4.39 Å². The Kier molecular flexibility index (Phi) is 3.53. The van der Waals surface area contributed by atoms with Crippen molar-refractivity contribution in [3.05, 3.63) is 60.2 Å². The van der Waals surface area contributed by atoms with Crippen molar-refractivity contribution in [1.29, 1.82) is 0 Å². The van der Waals surface area contributed by atoms with E-state index in [1.165, 1.54) is 30.2 Å². The largest absolute Gasteiger partial charge is 0.478 e. The Morgan fingerprint density at radius 3 is 2.76 bits per heavy atom. The first-order chi connectivity index (χ1) is 10.1. The summed E-state index contributed by atoms with van der Waals surface area (Å²) in [6, 6.07) is 11.5. The van der Waals surface area contributed by atoms with Gasteiger partial charge in [0, 0.05) is 10.3 Å². The van der Waals surface area contributed by atoms with Crippen molar-refractivity contribution in [2.75, 3.05) is 0 Å². The predicted molar refractivity (Wildman–Crippen MR) is 77.0 cm³/mol. The molecular weight excluding hydrogens is 291 g/mol. The van der Waals surface area contributed by atoms with E-state index in [1.807, 2.05) is 24.3 Å². The molecule has 1 N–H and O–H groups in total. The Morgan fingerprint density at radius 1 is 1.14 bits per heavy atom. The molecule has 0 amide bonds. The van der Waals surface area contributed by atoms with E-state index in [0.29, 0.717) is 9.92 Å². The third-order valence-corrected chi connectivity index (χ3v) is 3.90. The standard InChI is InChI=1S/C15H9FN2O2S/c16-12-6-5-9(7-11(12)15(19)20)21-14-10-3-1-2-4-13(10)17-8-18-14/h1-8H,(H,19,20). The molecule has 104 valence electrons. The van der Waals surface area contributed by atoms with Crippen LogP contribution in [0.3, 0.4) is 0 Å². The summed E-state index contributed by atoms with van der Waals surface area (Å²) < 4.78 is 13.4. The summed E-state index contributed by atoms with van der Waals surface area (Å²) in [6.07, 6.45) is 1.45. The summed E-state index contributed by atoms with van der Waals surface area (Å²) in [4.78, 5) is 19.9. The Bertz CT molecular complexity index is 834. The van der Waals surface area contributed by atoms with E-state index in [4.69, 9.17) is 5.11 Å². The molecule has 1 heterocycles. The number of carboxylic acid groups (broad SMARTS) is 1. The average Bonchev–Trinajstić information content (AvgIpc) is 2.49. The van der Waals surface area contributed by atoms with Gasteiger partial charge >= 0.3 is 5.97 Å². The molecular formula is C15H9FN2O2S. The molecule has 0 saturated carbocycles. The SMILES string of the molecule is O=C(O)c1cc(Sc2ncnc3ccccc23)ccc1F. The van der Waals surface area contributed by atoms with Crippen LogP contribution in [0.25, 0.3) is 10.9 Å². The minimum absolute atomic E-state index is 0.349.